The maximum Gasteiger partial charge on any atom is 0.227 e. The predicted octanol–water partition coefficient (Wildman–Crippen LogP) is 22.3. The summed E-state index contributed by atoms with van der Waals surface area (Å²) < 4.78 is 26.0. The summed E-state index contributed by atoms with van der Waals surface area (Å²) in [5, 5.41) is 8.96. The highest BCUT2D eigenvalue weighted by atomic mass is 32.1. The third kappa shape index (κ3) is 8.68. The first-order chi connectivity index (χ1) is 46.5. The number of aromatic nitrogens is 8. The van der Waals surface area contributed by atoms with Gasteiger partial charge in [0.2, 0.25) is 11.8 Å². The number of para-hydroxylation sites is 3. The van der Waals surface area contributed by atoms with Crippen molar-refractivity contribution in [3.8, 4) is 102 Å². The van der Waals surface area contributed by atoms with E-state index in [4.69, 9.17) is 53.1 Å². The highest BCUT2D eigenvalue weighted by Gasteiger charge is 2.23. The number of fused-ring (bicyclic) bond motifs is 14. The van der Waals surface area contributed by atoms with E-state index in [9.17, 15) is 0 Å². The molecule has 0 radical (unpaired) electrons. The zero-order valence-corrected chi connectivity index (χ0v) is 51.7. The van der Waals surface area contributed by atoms with Crippen molar-refractivity contribution in [3.63, 3.8) is 0 Å². The van der Waals surface area contributed by atoms with E-state index in [-0.39, 0.29) is 0 Å². The summed E-state index contributed by atoms with van der Waals surface area (Å²) in [5.41, 5.74) is 13.7. The third-order valence-corrected chi connectivity index (χ3v) is 21.3. The van der Waals surface area contributed by atoms with Crippen LogP contribution < -0.4 is 0 Å². The average Bonchev–Trinajstić information content (AvgIpc) is 1.59. The molecule has 0 N–H and O–H groups in total. The van der Waals surface area contributed by atoms with E-state index >= 15 is 0 Å². The fraction of sp³-hybridized carbons (Fsp3) is 0. The van der Waals surface area contributed by atoms with Crippen LogP contribution in [0.15, 0.2) is 268 Å². The molecule has 0 aliphatic heterocycles. The first-order valence-electron chi connectivity index (χ1n) is 30.7. The molecule has 0 atom stereocenters. The van der Waals surface area contributed by atoms with Crippen molar-refractivity contribution < 1.29 is 13.3 Å². The van der Waals surface area contributed by atoms with E-state index in [0.717, 1.165) is 135 Å². The van der Waals surface area contributed by atoms with Crippen LogP contribution >= 0.6 is 34.0 Å². The van der Waals surface area contributed by atoms with Gasteiger partial charge in [-0.05, 0) is 120 Å². The molecular weight excluding hydrogens is 1220 g/mol. The lowest BCUT2D eigenvalue weighted by Gasteiger charge is -2.10. The molecule has 0 saturated carbocycles. The molecule has 0 saturated heterocycles. The lowest BCUT2D eigenvalue weighted by molar-refractivity contribution is 0.619. The molecule has 14 heteroatoms. The Morgan fingerprint density at radius 3 is 1.38 bits per heavy atom. The molecule has 94 heavy (non-hydrogen) atoms. The fourth-order valence-corrected chi connectivity index (χ4v) is 16.6. The van der Waals surface area contributed by atoms with Crippen LogP contribution in [0, 0.1) is 0 Å². The summed E-state index contributed by atoms with van der Waals surface area (Å²) in [4.78, 5) is 41.4. The van der Waals surface area contributed by atoms with Crippen molar-refractivity contribution in [2.45, 2.75) is 0 Å². The SMILES string of the molecule is c1ccc(-c2nc(-c3ccc4c(c3)oc3ccccc34)nc(-c3cccc4c3sc3ccc(-c5nc6cc(-c7cccc(-c8nc(-c9ccc%10c(c9)sc9ccccc9%10)nc(-c9cccc%10c9sc9ccc(-c%11nc%12ccccc%12o%11)cc9%10)n8)c7)ccc6o5)cc34)n2)cc1. The predicted molar refractivity (Wildman–Crippen MR) is 383 cm³/mol. The number of thiophene rings is 3. The topological polar surface area (TPSA) is 143 Å². The number of benzene rings is 12. The molecule has 438 valence electrons. The fourth-order valence-electron chi connectivity index (χ4n) is 13.1. The van der Waals surface area contributed by atoms with Crippen LogP contribution in [0.4, 0.5) is 0 Å². The van der Waals surface area contributed by atoms with Crippen LogP contribution in [0.2, 0.25) is 0 Å². The summed E-state index contributed by atoms with van der Waals surface area (Å²) in [6.07, 6.45) is 0. The van der Waals surface area contributed by atoms with Gasteiger partial charge in [0.15, 0.2) is 46.1 Å². The average molecular weight is 1260 g/mol. The molecule has 20 rings (SSSR count). The van der Waals surface area contributed by atoms with Gasteiger partial charge in [0.1, 0.15) is 22.2 Å². The van der Waals surface area contributed by atoms with Gasteiger partial charge >= 0.3 is 0 Å². The molecule has 0 aliphatic rings. The quantitative estimate of drug-likeness (QED) is 0.136. The van der Waals surface area contributed by atoms with Crippen LogP contribution in [0.1, 0.15) is 0 Å². The molecule has 0 aliphatic carbocycles. The maximum atomic E-state index is 6.59. The van der Waals surface area contributed by atoms with E-state index in [1.165, 1.54) is 20.2 Å². The lowest BCUT2D eigenvalue weighted by Crippen LogP contribution is -2.00. The molecule has 0 spiro atoms. The van der Waals surface area contributed by atoms with Crippen LogP contribution in [0.5, 0.6) is 0 Å². The zero-order chi connectivity index (χ0) is 61.5. The number of rotatable bonds is 9. The van der Waals surface area contributed by atoms with E-state index in [1.54, 1.807) is 34.0 Å². The second kappa shape index (κ2) is 20.8. The van der Waals surface area contributed by atoms with Gasteiger partial charge in [-0.25, -0.2) is 39.9 Å². The Balaban J connectivity index is 0.653. The van der Waals surface area contributed by atoms with Crippen molar-refractivity contribution in [2.75, 3.05) is 0 Å². The van der Waals surface area contributed by atoms with Crippen molar-refractivity contribution >= 4 is 139 Å². The van der Waals surface area contributed by atoms with E-state index in [0.29, 0.717) is 52.3 Å². The Labute approximate surface area is 545 Å². The first-order valence-corrected chi connectivity index (χ1v) is 33.1. The molecule has 0 fully saturated rings. The number of nitrogens with zero attached hydrogens (tertiary/aromatic N) is 8. The molecule has 20 aromatic rings. The molecule has 11 nitrogen and oxygen atoms in total. The van der Waals surface area contributed by atoms with Gasteiger partial charge in [-0.15, -0.1) is 34.0 Å². The number of hydrogen-bond acceptors (Lipinski definition) is 14. The standard InChI is InChI=1S/C80H42N8O3S3/c1-2-13-43(14-3-1)73-83-75(47-27-32-52-51-17-4-7-24-63(51)89-66(52)41-47)87-77(85-73)57-21-11-19-56-60-39-50(31-36-69(60)93-71(56)57)80-82-62-40-45(29-34-65(62)91-80)44-15-10-16-46(37-44)74-84-76(48-28-33-54-53-18-5-9-26-67(53)92-70(54)42-48)88-78(86-74)58-22-12-20-55-59-38-49(30-35-68(59)94-72(55)58)79-81-61-23-6-8-25-64(61)90-79/h1-42H. The second-order valence-electron chi connectivity index (χ2n) is 23.4. The highest BCUT2D eigenvalue weighted by molar-refractivity contribution is 7.27. The molecule has 0 unspecified atom stereocenters. The number of oxazole rings is 2. The van der Waals surface area contributed by atoms with Crippen LogP contribution in [-0.4, -0.2) is 39.9 Å². The summed E-state index contributed by atoms with van der Waals surface area (Å²) in [7, 11) is 0. The van der Waals surface area contributed by atoms with Gasteiger partial charge in [0, 0.05) is 116 Å². The van der Waals surface area contributed by atoms with Crippen molar-refractivity contribution in [3.05, 3.63) is 255 Å². The van der Waals surface area contributed by atoms with Crippen LogP contribution in [0.3, 0.4) is 0 Å². The first kappa shape index (κ1) is 52.8. The molecule has 0 bridgehead atoms. The normalized spacial score (nSPS) is 12.0. The smallest absolute Gasteiger partial charge is 0.227 e. The summed E-state index contributed by atoms with van der Waals surface area (Å²) >= 11 is 5.22. The van der Waals surface area contributed by atoms with E-state index < -0.39 is 0 Å². The minimum atomic E-state index is 0.533. The minimum absolute atomic E-state index is 0.533. The van der Waals surface area contributed by atoms with Crippen LogP contribution in [0.25, 0.3) is 207 Å². The van der Waals surface area contributed by atoms with Gasteiger partial charge in [0.25, 0.3) is 0 Å². The molecular formula is C80H42N8O3S3. The minimum Gasteiger partial charge on any atom is -0.456 e. The Morgan fingerprint density at radius 1 is 0.213 bits per heavy atom. The zero-order valence-electron chi connectivity index (χ0n) is 49.3. The summed E-state index contributed by atoms with van der Waals surface area (Å²) in [6.45, 7) is 0. The Morgan fingerprint density at radius 2 is 0.681 bits per heavy atom. The van der Waals surface area contributed by atoms with Crippen molar-refractivity contribution in [1.29, 1.82) is 0 Å². The van der Waals surface area contributed by atoms with Gasteiger partial charge in [-0.2, -0.15) is 0 Å². The van der Waals surface area contributed by atoms with Crippen molar-refractivity contribution in [2.24, 2.45) is 0 Å². The lowest BCUT2D eigenvalue weighted by atomic mass is 10.0. The van der Waals surface area contributed by atoms with Gasteiger partial charge in [0.05, 0.1) is 0 Å². The maximum absolute atomic E-state index is 6.59. The molecule has 8 aromatic heterocycles. The van der Waals surface area contributed by atoms with Crippen molar-refractivity contribution in [1.82, 2.24) is 39.9 Å². The number of furan rings is 1. The second-order valence-corrected chi connectivity index (χ2v) is 26.5. The monoisotopic (exact) mass is 1260 g/mol. The molecule has 12 aromatic carbocycles. The molecule has 0 amide bonds. The highest BCUT2D eigenvalue weighted by Crippen LogP contribution is 2.45. The van der Waals surface area contributed by atoms with Gasteiger partial charge in [-0.1, -0.05) is 146 Å². The largest absolute Gasteiger partial charge is 0.456 e. The van der Waals surface area contributed by atoms with Gasteiger partial charge < -0.3 is 13.3 Å². The summed E-state index contributed by atoms with van der Waals surface area (Å²) in [6, 6.07) is 87.5. The van der Waals surface area contributed by atoms with Crippen LogP contribution in [-0.2, 0) is 0 Å². The number of hydrogen-bond donors (Lipinski definition) is 0. The Kier molecular flexibility index (Phi) is 11.7. The summed E-state index contributed by atoms with van der Waals surface area (Å²) in [5.74, 6) is 4.61. The Hall–Kier alpha value is -11.9. The van der Waals surface area contributed by atoms with E-state index in [2.05, 4.69) is 170 Å². The Bertz CT molecular complexity index is 6500. The third-order valence-electron chi connectivity index (χ3n) is 17.7. The van der Waals surface area contributed by atoms with Gasteiger partial charge in [-0.3, -0.25) is 0 Å². The van der Waals surface area contributed by atoms with E-state index in [1.807, 2.05) is 84.9 Å². The molecule has 8 heterocycles.